The molecule has 0 amide bonds. The summed E-state index contributed by atoms with van der Waals surface area (Å²) in [4.78, 5) is 1.40. The van der Waals surface area contributed by atoms with Crippen LogP contribution in [0.15, 0.2) is 23.1 Å². The minimum absolute atomic E-state index is 0.636. The molecule has 0 aromatic heterocycles. The zero-order valence-electron chi connectivity index (χ0n) is 7.42. The Balaban J connectivity index is 2.33. The number of thioether (sulfide) groups is 1. The monoisotopic (exact) mass is 179 g/mol. The van der Waals surface area contributed by atoms with Crippen molar-refractivity contribution in [3.05, 3.63) is 29.3 Å². The Morgan fingerprint density at radius 2 is 2.25 bits per heavy atom. The molecule has 1 aromatic rings. The summed E-state index contributed by atoms with van der Waals surface area (Å²) in [5.41, 5.74) is 2.82. The van der Waals surface area contributed by atoms with Gasteiger partial charge in [-0.2, -0.15) is 0 Å². The van der Waals surface area contributed by atoms with E-state index in [1.165, 1.54) is 16.0 Å². The average molecular weight is 179 g/mol. The smallest absolute Gasteiger partial charge is 0.0448 e. The molecule has 2 rings (SSSR count). The van der Waals surface area contributed by atoms with Gasteiger partial charge in [-0.05, 0) is 30.4 Å². The van der Waals surface area contributed by atoms with Crippen LogP contribution >= 0.6 is 11.8 Å². The van der Waals surface area contributed by atoms with E-state index in [1.54, 1.807) is 0 Å². The van der Waals surface area contributed by atoms with Gasteiger partial charge in [0.05, 0.1) is 0 Å². The molecular weight excluding hydrogens is 166 g/mol. The molecule has 0 radical (unpaired) electrons. The van der Waals surface area contributed by atoms with Gasteiger partial charge >= 0.3 is 0 Å². The molecule has 0 spiro atoms. The first kappa shape index (κ1) is 8.14. The largest absolute Gasteiger partial charge is 0.307 e. The van der Waals surface area contributed by atoms with Crippen molar-refractivity contribution in [3.8, 4) is 0 Å². The molecule has 12 heavy (non-hydrogen) atoms. The zero-order chi connectivity index (χ0) is 8.55. The fraction of sp³-hybridized carbons (Fsp3) is 0.400. The summed E-state index contributed by atoms with van der Waals surface area (Å²) < 4.78 is 0. The quantitative estimate of drug-likeness (QED) is 0.556. The number of aryl methyl sites for hydroxylation is 1. The molecule has 0 saturated carbocycles. The lowest BCUT2D eigenvalue weighted by atomic mass is 10.1. The van der Waals surface area contributed by atoms with Crippen molar-refractivity contribution in [1.29, 1.82) is 0 Å². The van der Waals surface area contributed by atoms with E-state index in [0.717, 1.165) is 6.54 Å². The van der Waals surface area contributed by atoms with Crippen molar-refractivity contribution in [2.24, 2.45) is 0 Å². The number of hydrogen-bond acceptors (Lipinski definition) is 2. The van der Waals surface area contributed by atoms with E-state index in [1.807, 2.05) is 11.8 Å². The SMILES string of the molecule is CSc1cc(C2CN2)ccc1C. The highest BCUT2D eigenvalue weighted by Crippen LogP contribution is 2.27. The van der Waals surface area contributed by atoms with Crippen LogP contribution in [-0.2, 0) is 0 Å². The van der Waals surface area contributed by atoms with Crippen LogP contribution in [0.5, 0.6) is 0 Å². The highest BCUT2D eigenvalue weighted by atomic mass is 32.2. The molecular formula is C10H13NS. The molecule has 2 heteroatoms. The van der Waals surface area contributed by atoms with Crippen LogP contribution in [0.25, 0.3) is 0 Å². The Morgan fingerprint density at radius 3 is 2.83 bits per heavy atom. The van der Waals surface area contributed by atoms with E-state index in [9.17, 15) is 0 Å². The molecule has 1 unspecified atom stereocenters. The van der Waals surface area contributed by atoms with Crippen molar-refractivity contribution in [2.75, 3.05) is 12.8 Å². The topological polar surface area (TPSA) is 21.9 Å². The maximum Gasteiger partial charge on any atom is 0.0448 e. The van der Waals surface area contributed by atoms with E-state index >= 15 is 0 Å². The Bertz CT molecular complexity index is 292. The highest BCUT2D eigenvalue weighted by molar-refractivity contribution is 7.98. The minimum Gasteiger partial charge on any atom is -0.307 e. The molecule has 0 bridgehead atoms. The Hall–Kier alpha value is -0.470. The second-order valence-electron chi connectivity index (χ2n) is 3.19. The predicted octanol–water partition coefficient (Wildman–Crippen LogP) is 2.36. The first-order chi connectivity index (χ1) is 5.81. The lowest BCUT2D eigenvalue weighted by Gasteiger charge is -2.04. The molecule has 1 aliphatic heterocycles. The van der Waals surface area contributed by atoms with Gasteiger partial charge in [0.15, 0.2) is 0 Å². The van der Waals surface area contributed by atoms with Crippen LogP contribution in [0.3, 0.4) is 0 Å². The molecule has 1 saturated heterocycles. The van der Waals surface area contributed by atoms with Crippen molar-refractivity contribution in [2.45, 2.75) is 17.9 Å². The Morgan fingerprint density at radius 1 is 1.50 bits per heavy atom. The summed E-state index contributed by atoms with van der Waals surface area (Å²) in [6.45, 7) is 3.31. The molecule has 1 aromatic carbocycles. The summed E-state index contributed by atoms with van der Waals surface area (Å²) in [5.74, 6) is 0. The van der Waals surface area contributed by atoms with Crippen molar-refractivity contribution < 1.29 is 0 Å². The Labute approximate surface area is 77.6 Å². The molecule has 1 N–H and O–H groups in total. The Kier molecular flexibility index (Phi) is 2.11. The maximum absolute atomic E-state index is 3.31. The predicted molar refractivity (Wildman–Crippen MR) is 53.7 cm³/mol. The fourth-order valence-corrected chi connectivity index (χ4v) is 1.99. The van der Waals surface area contributed by atoms with Crippen LogP contribution in [0.1, 0.15) is 17.2 Å². The normalized spacial score (nSPS) is 21.0. The summed E-state index contributed by atoms with van der Waals surface area (Å²) in [5, 5.41) is 3.31. The van der Waals surface area contributed by atoms with Crippen molar-refractivity contribution >= 4 is 11.8 Å². The molecule has 1 aliphatic rings. The van der Waals surface area contributed by atoms with Crippen LogP contribution in [0.2, 0.25) is 0 Å². The highest BCUT2D eigenvalue weighted by Gasteiger charge is 2.22. The summed E-state index contributed by atoms with van der Waals surface area (Å²) >= 11 is 1.83. The van der Waals surface area contributed by atoms with Gasteiger partial charge in [-0.3, -0.25) is 0 Å². The summed E-state index contributed by atoms with van der Waals surface area (Å²) in [6, 6.07) is 7.36. The number of rotatable bonds is 2. The number of benzene rings is 1. The number of hydrogen-bond donors (Lipinski definition) is 1. The molecule has 1 nitrogen and oxygen atoms in total. The standard InChI is InChI=1S/C10H13NS/c1-7-3-4-8(9-6-11-9)5-10(7)12-2/h3-5,9,11H,6H2,1-2H3. The third-order valence-corrected chi connectivity index (χ3v) is 3.12. The van der Waals surface area contributed by atoms with Crippen molar-refractivity contribution in [1.82, 2.24) is 5.32 Å². The average Bonchev–Trinajstić information content (AvgIpc) is 2.88. The van der Waals surface area contributed by atoms with Gasteiger partial charge in [-0.25, -0.2) is 0 Å². The third-order valence-electron chi connectivity index (χ3n) is 2.24. The maximum atomic E-state index is 3.31. The lowest BCUT2D eigenvalue weighted by Crippen LogP contribution is -1.86. The zero-order valence-corrected chi connectivity index (χ0v) is 8.24. The summed E-state index contributed by atoms with van der Waals surface area (Å²) in [7, 11) is 0. The van der Waals surface area contributed by atoms with E-state index in [4.69, 9.17) is 0 Å². The van der Waals surface area contributed by atoms with Gasteiger partial charge in [0.1, 0.15) is 0 Å². The third kappa shape index (κ3) is 1.50. The first-order valence-corrected chi connectivity index (χ1v) is 5.41. The molecule has 0 aliphatic carbocycles. The lowest BCUT2D eigenvalue weighted by molar-refractivity contribution is 1.06. The molecule has 1 heterocycles. The fourth-order valence-electron chi connectivity index (χ4n) is 1.35. The van der Waals surface area contributed by atoms with Gasteiger partial charge in [0.2, 0.25) is 0 Å². The first-order valence-electron chi connectivity index (χ1n) is 4.19. The minimum atomic E-state index is 0.636. The van der Waals surface area contributed by atoms with Gasteiger partial charge in [0, 0.05) is 17.5 Å². The van der Waals surface area contributed by atoms with Gasteiger partial charge in [-0.1, -0.05) is 12.1 Å². The second-order valence-corrected chi connectivity index (χ2v) is 4.04. The summed E-state index contributed by atoms with van der Waals surface area (Å²) in [6.07, 6.45) is 2.13. The van der Waals surface area contributed by atoms with Gasteiger partial charge in [0.25, 0.3) is 0 Å². The van der Waals surface area contributed by atoms with Crippen molar-refractivity contribution in [3.63, 3.8) is 0 Å². The molecule has 1 fully saturated rings. The van der Waals surface area contributed by atoms with E-state index < -0.39 is 0 Å². The molecule has 1 atom stereocenters. The van der Waals surface area contributed by atoms with Crippen LogP contribution < -0.4 is 5.32 Å². The van der Waals surface area contributed by atoms with Crippen LogP contribution in [0, 0.1) is 6.92 Å². The second kappa shape index (κ2) is 3.11. The number of nitrogens with one attached hydrogen (secondary N) is 1. The molecule has 64 valence electrons. The van der Waals surface area contributed by atoms with Crippen LogP contribution in [0.4, 0.5) is 0 Å². The van der Waals surface area contributed by atoms with E-state index in [2.05, 4.69) is 36.7 Å². The van der Waals surface area contributed by atoms with Crippen LogP contribution in [-0.4, -0.2) is 12.8 Å². The van der Waals surface area contributed by atoms with Gasteiger partial charge in [-0.15, -0.1) is 11.8 Å². The van der Waals surface area contributed by atoms with E-state index in [0.29, 0.717) is 6.04 Å². The van der Waals surface area contributed by atoms with Gasteiger partial charge < -0.3 is 5.32 Å². The van der Waals surface area contributed by atoms with E-state index in [-0.39, 0.29) is 0 Å².